The van der Waals surface area contributed by atoms with Crippen molar-refractivity contribution < 1.29 is 22.7 Å². The van der Waals surface area contributed by atoms with Crippen LogP contribution in [0.15, 0.2) is 12.3 Å². The van der Waals surface area contributed by atoms with Crippen molar-refractivity contribution in [3.8, 4) is 0 Å². The summed E-state index contributed by atoms with van der Waals surface area (Å²) >= 11 is 0. The van der Waals surface area contributed by atoms with E-state index in [4.69, 9.17) is 4.74 Å². The summed E-state index contributed by atoms with van der Waals surface area (Å²) in [6.45, 7) is 9.78. The van der Waals surface area contributed by atoms with Crippen LogP contribution in [-0.2, 0) is 15.7 Å². The van der Waals surface area contributed by atoms with Crippen LogP contribution in [0.4, 0.5) is 19.1 Å². The maximum atomic E-state index is 13.8. The number of carbonyl (C=O) groups is 1. The minimum atomic E-state index is -4.51. The topological polar surface area (TPSA) is 70.6 Å². The average Bonchev–Trinajstić information content (AvgIpc) is 3.25. The van der Waals surface area contributed by atoms with Gasteiger partial charge in [0.25, 0.3) is 0 Å². The van der Waals surface area contributed by atoms with E-state index in [9.17, 15) is 18.0 Å². The second kappa shape index (κ2) is 9.97. The van der Waals surface area contributed by atoms with Crippen molar-refractivity contribution in [3.05, 3.63) is 18.0 Å². The largest absolute Gasteiger partial charge is 0.433 e. The molecule has 1 aromatic rings. The molecule has 10 heteroatoms. The number of nitrogens with zero attached hydrogens (tertiary/aromatic N) is 4. The monoisotopic (exact) mass is 483 g/mol. The first-order valence-corrected chi connectivity index (χ1v) is 12.4. The maximum absolute atomic E-state index is 13.8. The van der Waals surface area contributed by atoms with Gasteiger partial charge in [0.2, 0.25) is 11.9 Å². The summed E-state index contributed by atoms with van der Waals surface area (Å²) in [5.74, 6) is 0.918. The number of ether oxygens (including phenoxy) is 1. The molecule has 4 rings (SSSR count). The lowest BCUT2D eigenvalue weighted by Crippen LogP contribution is -2.55. The van der Waals surface area contributed by atoms with Gasteiger partial charge in [-0.3, -0.25) is 4.79 Å². The Morgan fingerprint density at radius 3 is 2.62 bits per heavy atom. The first kappa shape index (κ1) is 25.2. The van der Waals surface area contributed by atoms with Crippen molar-refractivity contribution in [1.29, 1.82) is 0 Å². The molecule has 1 N–H and O–H groups in total. The molecule has 1 saturated carbocycles. The second-order valence-electron chi connectivity index (χ2n) is 10.4. The second-order valence-corrected chi connectivity index (χ2v) is 10.4. The normalized spacial score (nSPS) is 30.7. The number of carbonyl (C=O) groups excluding carboxylic acids is 1. The summed E-state index contributed by atoms with van der Waals surface area (Å²) in [6, 6.07) is 1.62. The quantitative estimate of drug-likeness (QED) is 0.693. The first-order valence-electron chi connectivity index (χ1n) is 12.4. The highest BCUT2D eigenvalue weighted by molar-refractivity contribution is 5.83. The van der Waals surface area contributed by atoms with Gasteiger partial charge in [-0.2, -0.15) is 13.2 Å². The van der Waals surface area contributed by atoms with Crippen molar-refractivity contribution in [2.45, 2.75) is 64.7 Å². The molecular weight excluding hydrogens is 447 g/mol. The fourth-order valence-corrected chi connectivity index (χ4v) is 5.70. The van der Waals surface area contributed by atoms with E-state index in [0.717, 1.165) is 51.2 Å². The number of anilines is 1. The third-order valence-corrected chi connectivity index (χ3v) is 7.95. The summed E-state index contributed by atoms with van der Waals surface area (Å²) in [4.78, 5) is 25.1. The lowest BCUT2D eigenvalue weighted by molar-refractivity contribution is -0.145. The molecule has 4 atom stereocenters. The molecule has 3 aliphatic rings. The van der Waals surface area contributed by atoms with Crippen LogP contribution in [0, 0.1) is 17.3 Å². The number of alkyl halides is 3. The predicted molar refractivity (Wildman–Crippen MR) is 122 cm³/mol. The number of halogens is 3. The molecule has 3 unspecified atom stereocenters. The number of hydrogen-bond acceptors (Lipinski definition) is 6. The lowest BCUT2D eigenvalue weighted by Gasteiger charge is -2.42. The van der Waals surface area contributed by atoms with Gasteiger partial charge < -0.3 is 19.9 Å². The van der Waals surface area contributed by atoms with Crippen molar-refractivity contribution in [1.82, 2.24) is 20.2 Å². The van der Waals surface area contributed by atoms with Gasteiger partial charge in [-0.15, -0.1) is 0 Å². The van der Waals surface area contributed by atoms with Crippen LogP contribution < -0.4 is 10.2 Å². The van der Waals surface area contributed by atoms with Crippen molar-refractivity contribution in [2.24, 2.45) is 17.3 Å². The van der Waals surface area contributed by atoms with Gasteiger partial charge in [0.15, 0.2) is 0 Å². The van der Waals surface area contributed by atoms with Gasteiger partial charge in [-0.25, -0.2) is 9.97 Å². The average molecular weight is 484 g/mol. The van der Waals surface area contributed by atoms with E-state index in [2.05, 4.69) is 36.1 Å². The molecule has 3 heterocycles. The van der Waals surface area contributed by atoms with Gasteiger partial charge in [0, 0.05) is 51.1 Å². The zero-order valence-electron chi connectivity index (χ0n) is 20.3. The van der Waals surface area contributed by atoms with Gasteiger partial charge in [-0.05, 0) is 43.6 Å². The van der Waals surface area contributed by atoms with E-state index in [-0.39, 0.29) is 17.8 Å². The van der Waals surface area contributed by atoms with Gasteiger partial charge in [-0.1, -0.05) is 20.8 Å². The van der Waals surface area contributed by atoms with Crippen LogP contribution in [0.3, 0.4) is 0 Å². The molecular formula is C24H36F3N5O2. The molecule has 2 aliphatic heterocycles. The van der Waals surface area contributed by atoms with Crippen LogP contribution in [0.25, 0.3) is 0 Å². The predicted octanol–water partition coefficient (Wildman–Crippen LogP) is 3.35. The Morgan fingerprint density at radius 2 is 1.97 bits per heavy atom. The molecule has 0 radical (unpaired) electrons. The van der Waals surface area contributed by atoms with Gasteiger partial charge in [0.05, 0.1) is 12.0 Å². The third-order valence-electron chi connectivity index (χ3n) is 7.95. The summed E-state index contributed by atoms with van der Waals surface area (Å²) in [6.07, 6.45) is 0.294. The van der Waals surface area contributed by atoms with Gasteiger partial charge in [0.1, 0.15) is 5.69 Å². The number of aromatic nitrogens is 2. The molecule has 0 aromatic carbocycles. The number of rotatable bonds is 5. The molecule has 2 saturated heterocycles. The summed E-state index contributed by atoms with van der Waals surface area (Å²) in [5.41, 5.74) is -1.35. The molecule has 3 fully saturated rings. The fraction of sp³-hybridized carbons (Fsp3) is 0.792. The van der Waals surface area contributed by atoms with Crippen molar-refractivity contribution in [2.75, 3.05) is 44.3 Å². The van der Waals surface area contributed by atoms with E-state index >= 15 is 0 Å². The smallest absolute Gasteiger partial charge is 0.381 e. The molecule has 7 nitrogen and oxygen atoms in total. The molecule has 0 bridgehead atoms. The molecule has 190 valence electrons. The summed E-state index contributed by atoms with van der Waals surface area (Å²) in [7, 11) is 0. The summed E-state index contributed by atoms with van der Waals surface area (Å²) in [5, 5.41) is 3.81. The number of amides is 1. The minimum Gasteiger partial charge on any atom is -0.381 e. The first-order chi connectivity index (χ1) is 16.1. The Balaban J connectivity index is 1.38. The highest BCUT2D eigenvalue weighted by Crippen LogP contribution is 2.46. The van der Waals surface area contributed by atoms with Crippen molar-refractivity contribution in [3.63, 3.8) is 0 Å². The van der Waals surface area contributed by atoms with Crippen molar-refractivity contribution >= 4 is 11.9 Å². The highest BCUT2D eigenvalue weighted by atomic mass is 19.4. The Bertz CT molecular complexity index is 859. The van der Waals surface area contributed by atoms with Gasteiger partial charge >= 0.3 is 6.18 Å². The molecule has 34 heavy (non-hydrogen) atoms. The molecule has 1 aliphatic carbocycles. The highest BCUT2D eigenvalue weighted by Gasteiger charge is 2.50. The van der Waals surface area contributed by atoms with E-state index in [1.165, 1.54) is 0 Å². The lowest BCUT2D eigenvalue weighted by atomic mass is 9.74. The zero-order valence-corrected chi connectivity index (χ0v) is 20.3. The minimum absolute atomic E-state index is 0.0659. The number of piperazine rings is 1. The zero-order chi connectivity index (χ0) is 24.5. The Hall–Kier alpha value is -1.94. The Kier molecular flexibility index (Phi) is 7.38. The molecule has 1 aromatic heterocycles. The van der Waals surface area contributed by atoms with E-state index in [0.29, 0.717) is 44.2 Å². The van der Waals surface area contributed by atoms with Crippen LogP contribution in [0.1, 0.15) is 52.1 Å². The third kappa shape index (κ3) is 5.17. The van der Waals surface area contributed by atoms with Crippen LogP contribution in [0.2, 0.25) is 0 Å². The van der Waals surface area contributed by atoms with Crippen LogP contribution >= 0.6 is 0 Å². The molecule has 1 amide bonds. The Labute approximate surface area is 199 Å². The maximum Gasteiger partial charge on any atom is 0.433 e. The van der Waals surface area contributed by atoms with Crippen LogP contribution in [-0.4, -0.2) is 72.3 Å². The van der Waals surface area contributed by atoms with E-state index < -0.39 is 17.3 Å². The Morgan fingerprint density at radius 1 is 1.24 bits per heavy atom. The van der Waals surface area contributed by atoms with E-state index in [1.807, 2.05) is 4.90 Å². The number of nitrogens with one attached hydrogen (secondary N) is 1. The SMILES string of the molecule is CC1COCCC1NC1CC[C@@](C(=O)N2CCN(c3nccc(C(F)(F)F)n3)CC2)(C(C)C)C1. The standard InChI is InChI=1S/C24H36F3N5O2/c1-16(2)23(7-4-18(14-23)29-19-6-13-34-15-17(19)3)21(33)31-9-11-32(12-10-31)22-28-8-5-20(30-22)24(25,26)27/h5,8,16-19,29H,4,6-7,9-15H2,1-3H3/t17?,18?,19?,23-/m0/s1. The van der Waals surface area contributed by atoms with E-state index in [1.54, 1.807) is 4.90 Å². The molecule has 0 spiro atoms. The number of hydrogen-bond donors (Lipinski definition) is 1. The van der Waals surface area contributed by atoms with Crippen LogP contribution in [0.5, 0.6) is 0 Å². The summed E-state index contributed by atoms with van der Waals surface area (Å²) < 4.78 is 44.6. The fourth-order valence-electron chi connectivity index (χ4n) is 5.70.